The number of esters is 1. The Kier molecular flexibility index (Phi) is 6.59. The minimum atomic E-state index is -3.85. The maximum absolute atomic E-state index is 13.6. The molecule has 27 heavy (non-hydrogen) atoms. The number of ether oxygens (including phenoxy) is 1. The minimum Gasteiger partial charge on any atom is -0.469 e. The van der Waals surface area contributed by atoms with Gasteiger partial charge >= 0.3 is 5.97 Å². The van der Waals surface area contributed by atoms with Crippen molar-refractivity contribution in [3.63, 3.8) is 0 Å². The van der Waals surface area contributed by atoms with E-state index in [-0.39, 0.29) is 29.1 Å². The molecule has 0 aliphatic heterocycles. The number of rotatable bonds is 7. The Hall–Kier alpha value is -2.85. The SMILES string of the molecule is COC(=O)CCNS(=O)(=O)c1ccc(NC(=O)c2ccc(F)cc2F)cc1. The van der Waals surface area contributed by atoms with Gasteiger partial charge in [0.2, 0.25) is 10.0 Å². The molecule has 0 atom stereocenters. The molecule has 2 rings (SSSR count). The largest absolute Gasteiger partial charge is 0.469 e. The number of sulfonamides is 1. The Labute approximate surface area is 154 Å². The highest BCUT2D eigenvalue weighted by atomic mass is 32.2. The van der Waals surface area contributed by atoms with Gasteiger partial charge in [-0.3, -0.25) is 9.59 Å². The summed E-state index contributed by atoms with van der Waals surface area (Å²) in [5, 5.41) is 2.39. The number of anilines is 1. The number of nitrogens with one attached hydrogen (secondary N) is 2. The molecule has 0 aliphatic carbocycles. The van der Waals surface area contributed by atoms with Crippen LogP contribution in [0.2, 0.25) is 0 Å². The second-order valence-corrected chi connectivity index (χ2v) is 7.09. The van der Waals surface area contributed by atoms with Gasteiger partial charge in [0.05, 0.1) is 24.0 Å². The third-order valence-corrected chi connectivity index (χ3v) is 4.92. The fourth-order valence-corrected chi connectivity index (χ4v) is 3.09. The monoisotopic (exact) mass is 398 g/mol. The lowest BCUT2D eigenvalue weighted by Gasteiger charge is -2.09. The van der Waals surface area contributed by atoms with E-state index in [1.165, 1.54) is 31.4 Å². The molecule has 0 unspecified atom stereocenters. The number of amides is 1. The topological polar surface area (TPSA) is 102 Å². The van der Waals surface area contributed by atoms with Gasteiger partial charge in [0.1, 0.15) is 11.6 Å². The Balaban J connectivity index is 2.03. The lowest BCUT2D eigenvalue weighted by molar-refractivity contribution is -0.140. The van der Waals surface area contributed by atoms with E-state index in [0.717, 1.165) is 12.1 Å². The Morgan fingerprint density at radius 3 is 2.33 bits per heavy atom. The van der Waals surface area contributed by atoms with Crippen molar-refractivity contribution in [2.45, 2.75) is 11.3 Å². The molecule has 2 aromatic rings. The molecule has 0 fully saturated rings. The quantitative estimate of drug-likeness (QED) is 0.695. The highest BCUT2D eigenvalue weighted by Gasteiger charge is 2.16. The lowest BCUT2D eigenvalue weighted by atomic mass is 10.2. The zero-order chi connectivity index (χ0) is 20.0. The van der Waals surface area contributed by atoms with E-state index >= 15 is 0 Å². The first kappa shape index (κ1) is 20.5. The summed E-state index contributed by atoms with van der Waals surface area (Å²) in [6.07, 6.45) is -0.118. The molecule has 0 spiro atoms. The molecule has 144 valence electrons. The second kappa shape index (κ2) is 8.69. The van der Waals surface area contributed by atoms with E-state index in [1.54, 1.807) is 0 Å². The highest BCUT2D eigenvalue weighted by molar-refractivity contribution is 7.89. The van der Waals surface area contributed by atoms with Gasteiger partial charge in [0.15, 0.2) is 0 Å². The summed E-state index contributed by atoms with van der Waals surface area (Å²) >= 11 is 0. The Morgan fingerprint density at radius 2 is 1.74 bits per heavy atom. The van der Waals surface area contributed by atoms with E-state index < -0.39 is 33.5 Å². The Bertz CT molecular complexity index is 946. The van der Waals surface area contributed by atoms with Crippen LogP contribution in [0, 0.1) is 11.6 Å². The maximum atomic E-state index is 13.6. The van der Waals surface area contributed by atoms with Gasteiger partial charge in [-0.2, -0.15) is 0 Å². The number of hydrogen-bond acceptors (Lipinski definition) is 5. The molecule has 10 heteroatoms. The van der Waals surface area contributed by atoms with Crippen LogP contribution in [-0.4, -0.2) is 33.9 Å². The number of carbonyl (C=O) groups excluding carboxylic acids is 2. The van der Waals surface area contributed by atoms with Crippen LogP contribution in [0.4, 0.5) is 14.5 Å². The summed E-state index contributed by atoms with van der Waals surface area (Å²) in [7, 11) is -2.65. The summed E-state index contributed by atoms with van der Waals surface area (Å²) in [5.74, 6) is -3.18. The van der Waals surface area contributed by atoms with Crippen molar-refractivity contribution in [2.24, 2.45) is 0 Å². The number of benzene rings is 2. The fourth-order valence-electron chi connectivity index (χ4n) is 2.06. The summed E-state index contributed by atoms with van der Waals surface area (Å²) in [6.45, 7) is -0.128. The van der Waals surface area contributed by atoms with Crippen LogP contribution in [0.5, 0.6) is 0 Å². The van der Waals surface area contributed by atoms with Crippen molar-refractivity contribution in [1.82, 2.24) is 4.72 Å². The molecule has 0 aromatic heterocycles. The van der Waals surface area contributed by atoms with Crippen LogP contribution >= 0.6 is 0 Å². The summed E-state index contributed by atoms with van der Waals surface area (Å²) in [6, 6.07) is 7.64. The van der Waals surface area contributed by atoms with Gasteiger partial charge < -0.3 is 10.1 Å². The minimum absolute atomic E-state index is 0.0849. The smallest absolute Gasteiger partial charge is 0.306 e. The Morgan fingerprint density at radius 1 is 1.07 bits per heavy atom. The standard InChI is InChI=1S/C17H16F2N2O5S/c1-26-16(22)8-9-20-27(24,25)13-5-3-12(4-6-13)21-17(23)14-7-2-11(18)10-15(14)19/h2-7,10,20H,8-9H2,1H3,(H,21,23). The van der Waals surface area contributed by atoms with Crippen LogP contribution in [0.25, 0.3) is 0 Å². The number of carbonyl (C=O) groups is 2. The molecule has 1 amide bonds. The average molecular weight is 398 g/mol. The van der Waals surface area contributed by atoms with Crippen LogP contribution < -0.4 is 10.0 Å². The number of hydrogen-bond donors (Lipinski definition) is 2. The lowest BCUT2D eigenvalue weighted by Crippen LogP contribution is -2.26. The summed E-state index contributed by atoms with van der Waals surface area (Å²) in [5.41, 5.74) is -0.130. The van der Waals surface area contributed by atoms with Crippen LogP contribution in [0.1, 0.15) is 16.8 Å². The van der Waals surface area contributed by atoms with Crippen molar-refractivity contribution < 1.29 is 31.5 Å². The van der Waals surface area contributed by atoms with Crippen molar-refractivity contribution >= 4 is 27.6 Å². The average Bonchev–Trinajstić information content (AvgIpc) is 2.61. The van der Waals surface area contributed by atoms with Gasteiger partial charge in [0.25, 0.3) is 5.91 Å². The molecular formula is C17H16F2N2O5S. The van der Waals surface area contributed by atoms with E-state index in [0.29, 0.717) is 6.07 Å². The molecule has 0 saturated carbocycles. The van der Waals surface area contributed by atoms with Crippen molar-refractivity contribution in [3.05, 3.63) is 59.7 Å². The van der Waals surface area contributed by atoms with Gasteiger partial charge in [-0.15, -0.1) is 0 Å². The molecule has 2 N–H and O–H groups in total. The van der Waals surface area contributed by atoms with Crippen LogP contribution in [0.15, 0.2) is 47.4 Å². The maximum Gasteiger partial charge on any atom is 0.306 e. The van der Waals surface area contributed by atoms with Gasteiger partial charge in [0, 0.05) is 18.3 Å². The predicted molar refractivity (Wildman–Crippen MR) is 92.6 cm³/mol. The zero-order valence-electron chi connectivity index (χ0n) is 14.2. The number of methoxy groups -OCH3 is 1. The highest BCUT2D eigenvalue weighted by Crippen LogP contribution is 2.16. The zero-order valence-corrected chi connectivity index (χ0v) is 15.0. The fraction of sp³-hybridized carbons (Fsp3) is 0.176. The van der Waals surface area contributed by atoms with Crippen LogP contribution in [0.3, 0.4) is 0 Å². The van der Waals surface area contributed by atoms with Gasteiger partial charge in [-0.25, -0.2) is 21.9 Å². The molecule has 2 aromatic carbocycles. The molecule has 0 heterocycles. The first-order valence-electron chi connectivity index (χ1n) is 7.66. The first-order chi connectivity index (χ1) is 12.7. The third-order valence-electron chi connectivity index (χ3n) is 3.45. The molecular weight excluding hydrogens is 382 g/mol. The predicted octanol–water partition coefficient (Wildman–Crippen LogP) is 2.06. The van der Waals surface area contributed by atoms with E-state index in [9.17, 15) is 26.8 Å². The first-order valence-corrected chi connectivity index (χ1v) is 9.14. The molecule has 7 nitrogen and oxygen atoms in total. The van der Waals surface area contributed by atoms with Gasteiger partial charge in [-0.1, -0.05) is 0 Å². The molecule has 0 radical (unpaired) electrons. The van der Waals surface area contributed by atoms with E-state index in [4.69, 9.17) is 0 Å². The third kappa shape index (κ3) is 5.56. The molecule has 0 bridgehead atoms. The second-order valence-electron chi connectivity index (χ2n) is 5.33. The normalized spacial score (nSPS) is 11.1. The van der Waals surface area contributed by atoms with Crippen molar-refractivity contribution in [1.29, 1.82) is 0 Å². The van der Waals surface area contributed by atoms with E-state index in [1.807, 2.05) is 0 Å². The van der Waals surface area contributed by atoms with Crippen molar-refractivity contribution in [3.8, 4) is 0 Å². The summed E-state index contributed by atoms with van der Waals surface area (Å²) < 4.78 is 57.3. The van der Waals surface area contributed by atoms with E-state index in [2.05, 4.69) is 14.8 Å². The van der Waals surface area contributed by atoms with Crippen molar-refractivity contribution in [2.75, 3.05) is 19.0 Å². The summed E-state index contributed by atoms with van der Waals surface area (Å²) in [4.78, 5) is 22.9. The van der Waals surface area contributed by atoms with Crippen LogP contribution in [-0.2, 0) is 19.6 Å². The van der Waals surface area contributed by atoms with Gasteiger partial charge in [-0.05, 0) is 36.4 Å². The molecule has 0 aliphatic rings. The number of halogens is 2. The molecule has 0 saturated heterocycles.